The largest absolute Gasteiger partial charge is 0.396 e. The number of hydrogen-bond donors (Lipinski definition) is 1. The third-order valence-corrected chi connectivity index (χ3v) is 3.56. The Kier molecular flexibility index (Phi) is 5.67. The van der Waals surface area contributed by atoms with Crippen LogP contribution in [0.4, 0.5) is 0 Å². The van der Waals surface area contributed by atoms with Crippen LogP contribution in [0.1, 0.15) is 39.5 Å². The third kappa shape index (κ3) is 6.38. The molecule has 3 nitrogen and oxygen atoms in total. The van der Waals surface area contributed by atoms with Crippen molar-refractivity contribution in [2.24, 2.45) is 5.41 Å². The maximum Gasteiger partial charge on any atom is 0.147 e. The van der Waals surface area contributed by atoms with Crippen LogP contribution in [-0.2, 0) is 9.84 Å². The van der Waals surface area contributed by atoms with E-state index >= 15 is 0 Å². The number of aliphatic hydroxyl groups excluding tert-OH is 1. The van der Waals surface area contributed by atoms with E-state index in [0.717, 1.165) is 19.3 Å². The molecule has 0 amide bonds. The summed E-state index contributed by atoms with van der Waals surface area (Å²) in [6.07, 6.45) is 4.66. The lowest BCUT2D eigenvalue weighted by Gasteiger charge is -2.26. The van der Waals surface area contributed by atoms with E-state index < -0.39 is 9.84 Å². The maximum absolute atomic E-state index is 10.9. The Morgan fingerprint density at radius 1 is 1.29 bits per heavy atom. The zero-order valence-electron chi connectivity index (χ0n) is 9.41. The van der Waals surface area contributed by atoms with E-state index in [1.807, 2.05) is 6.92 Å². The monoisotopic (exact) mass is 222 g/mol. The lowest BCUT2D eigenvalue weighted by molar-refractivity contribution is 0.121. The molecule has 0 aromatic rings. The fourth-order valence-corrected chi connectivity index (χ4v) is 2.32. The molecule has 0 bridgehead atoms. The van der Waals surface area contributed by atoms with Crippen molar-refractivity contribution in [3.63, 3.8) is 0 Å². The van der Waals surface area contributed by atoms with Gasteiger partial charge in [-0.2, -0.15) is 0 Å². The molecule has 0 saturated carbocycles. The second-order valence-electron chi connectivity index (χ2n) is 4.45. The van der Waals surface area contributed by atoms with Crippen molar-refractivity contribution in [1.82, 2.24) is 0 Å². The Labute approximate surface area is 87.4 Å². The smallest absolute Gasteiger partial charge is 0.147 e. The molecule has 1 unspecified atom stereocenters. The average Bonchev–Trinajstić information content (AvgIpc) is 2.02. The van der Waals surface area contributed by atoms with Crippen LogP contribution in [0.5, 0.6) is 0 Å². The summed E-state index contributed by atoms with van der Waals surface area (Å²) < 4.78 is 21.8. The fourth-order valence-electron chi connectivity index (χ4n) is 1.65. The molecular formula is C10H22O3S. The van der Waals surface area contributed by atoms with E-state index in [1.165, 1.54) is 6.26 Å². The highest BCUT2D eigenvalue weighted by Crippen LogP contribution is 2.28. The van der Waals surface area contributed by atoms with E-state index in [-0.39, 0.29) is 17.8 Å². The molecule has 0 aromatic carbocycles. The zero-order chi connectivity index (χ0) is 11.2. The van der Waals surface area contributed by atoms with Gasteiger partial charge in [-0.05, 0) is 24.7 Å². The van der Waals surface area contributed by atoms with Gasteiger partial charge in [-0.3, -0.25) is 0 Å². The topological polar surface area (TPSA) is 54.4 Å². The summed E-state index contributed by atoms with van der Waals surface area (Å²) in [7, 11) is -2.85. The van der Waals surface area contributed by atoms with E-state index in [9.17, 15) is 13.5 Å². The van der Waals surface area contributed by atoms with Gasteiger partial charge in [0.25, 0.3) is 0 Å². The first kappa shape index (κ1) is 13.9. The second-order valence-corrected chi connectivity index (χ2v) is 6.71. The first-order valence-electron chi connectivity index (χ1n) is 5.11. The molecule has 86 valence electrons. The van der Waals surface area contributed by atoms with Crippen LogP contribution in [0.25, 0.3) is 0 Å². The number of rotatable bonds is 7. The Morgan fingerprint density at radius 3 is 2.21 bits per heavy atom. The number of sulfone groups is 1. The molecular weight excluding hydrogens is 200 g/mol. The van der Waals surface area contributed by atoms with Gasteiger partial charge in [-0.1, -0.05) is 20.3 Å². The second kappa shape index (κ2) is 5.71. The van der Waals surface area contributed by atoms with Crippen molar-refractivity contribution in [3.8, 4) is 0 Å². The van der Waals surface area contributed by atoms with Gasteiger partial charge in [-0.25, -0.2) is 8.42 Å². The van der Waals surface area contributed by atoms with Gasteiger partial charge in [0.2, 0.25) is 0 Å². The zero-order valence-corrected chi connectivity index (χ0v) is 10.2. The van der Waals surface area contributed by atoms with Crippen LogP contribution in [0.2, 0.25) is 0 Å². The lowest BCUT2D eigenvalue weighted by atomic mass is 9.82. The first-order chi connectivity index (χ1) is 6.33. The Bertz CT molecular complexity index is 246. The SMILES string of the molecule is CCCC(C)(CO)CCCS(C)(=O)=O. The van der Waals surface area contributed by atoms with Crippen LogP contribution in [0.3, 0.4) is 0 Å². The van der Waals surface area contributed by atoms with Crippen LogP contribution in [0.15, 0.2) is 0 Å². The summed E-state index contributed by atoms with van der Waals surface area (Å²) in [6, 6.07) is 0. The number of aliphatic hydroxyl groups is 1. The minimum atomic E-state index is -2.85. The molecule has 0 fully saturated rings. The highest BCUT2D eigenvalue weighted by Gasteiger charge is 2.22. The molecule has 0 aliphatic carbocycles. The molecule has 1 N–H and O–H groups in total. The minimum absolute atomic E-state index is 0.0978. The Morgan fingerprint density at radius 2 is 1.86 bits per heavy atom. The quantitative estimate of drug-likeness (QED) is 0.712. The molecule has 0 saturated heterocycles. The maximum atomic E-state index is 10.9. The molecule has 0 aromatic heterocycles. The van der Waals surface area contributed by atoms with Crippen molar-refractivity contribution >= 4 is 9.84 Å². The normalized spacial score (nSPS) is 16.6. The predicted octanol–water partition coefficient (Wildman–Crippen LogP) is 1.61. The van der Waals surface area contributed by atoms with Crippen LogP contribution < -0.4 is 0 Å². The van der Waals surface area contributed by atoms with Gasteiger partial charge in [0.1, 0.15) is 9.84 Å². The van der Waals surface area contributed by atoms with Crippen LogP contribution in [-0.4, -0.2) is 32.1 Å². The van der Waals surface area contributed by atoms with Crippen molar-refractivity contribution in [3.05, 3.63) is 0 Å². The molecule has 0 aliphatic rings. The standard InChI is InChI=1S/C10H22O3S/c1-4-6-10(2,9-11)7-5-8-14(3,12)13/h11H,4-9H2,1-3H3. The van der Waals surface area contributed by atoms with E-state index in [2.05, 4.69) is 6.92 Å². The summed E-state index contributed by atoms with van der Waals surface area (Å²) in [5.74, 6) is 0.228. The molecule has 0 spiro atoms. The Balaban J connectivity index is 3.96. The fraction of sp³-hybridized carbons (Fsp3) is 1.00. The van der Waals surface area contributed by atoms with E-state index in [4.69, 9.17) is 0 Å². The molecule has 1 atom stereocenters. The summed E-state index contributed by atoms with van der Waals surface area (Å²) in [6.45, 7) is 4.23. The van der Waals surface area contributed by atoms with Crippen molar-refractivity contribution in [2.45, 2.75) is 39.5 Å². The van der Waals surface area contributed by atoms with Gasteiger partial charge in [-0.15, -0.1) is 0 Å². The van der Waals surface area contributed by atoms with Gasteiger partial charge < -0.3 is 5.11 Å². The van der Waals surface area contributed by atoms with Crippen molar-refractivity contribution in [2.75, 3.05) is 18.6 Å². The summed E-state index contributed by atoms with van der Waals surface area (Å²) in [5, 5.41) is 9.20. The van der Waals surface area contributed by atoms with Crippen LogP contribution >= 0.6 is 0 Å². The highest BCUT2D eigenvalue weighted by atomic mass is 32.2. The molecule has 0 heterocycles. The third-order valence-electron chi connectivity index (χ3n) is 2.53. The minimum Gasteiger partial charge on any atom is -0.396 e. The predicted molar refractivity (Wildman–Crippen MR) is 59.0 cm³/mol. The van der Waals surface area contributed by atoms with Crippen LogP contribution in [0, 0.1) is 5.41 Å². The van der Waals surface area contributed by atoms with Crippen molar-refractivity contribution in [1.29, 1.82) is 0 Å². The molecule has 0 radical (unpaired) electrons. The number of hydrogen-bond acceptors (Lipinski definition) is 3. The molecule has 0 aliphatic heterocycles. The highest BCUT2D eigenvalue weighted by molar-refractivity contribution is 7.90. The summed E-state index contributed by atoms with van der Waals surface area (Å²) in [4.78, 5) is 0. The summed E-state index contributed by atoms with van der Waals surface area (Å²) >= 11 is 0. The van der Waals surface area contributed by atoms with Gasteiger partial charge in [0, 0.05) is 18.6 Å². The first-order valence-corrected chi connectivity index (χ1v) is 7.17. The van der Waals surface area contributed by atoms with Gasteiger partial charge >= 0.3 is 0 Å². The molecule has 0 rings (SSSR count). The van der Waals surface area contributed by atoms with E-state index in [1.54, 1.807) is 0 Å². The lowest BCUT2D eigenvalue weighted by Crippen LogP contribution is -2.22. The Hall–Kier alpha value is -0.0900. The summed E-state index contributed by atoms with van der Waals surface area (Å²) in [5.41, 5.74) is -0.0978. The average molecular weight is 222 g/mol. The van der Waals surface area contributed by atoms with Crippen molar-refractivity contribution < 1.29 is 13.5 Å². The van der Waals surface area contributed by atoms with Gasteiger partial charge in [0.05, 0.1) is 0 Å². The molecule has 4 heteroatoms. The van der Waals surface area contributed by atoms with Gasteiger partial charge in [0.15, 0.2) is 0 Å². The van der Waals surface area contributed by atoms with E-state index in [0.29, 0.717) is 6.42 Å². The molecule has 14 heavy (non-hydrogen) atoms.